The predicted octanol–water partition coefficient (Wildman–Crippen LogP) is 18.5. The van der Waals surface area contributed by atoms with Gasteiger partial charge in [-0.3, -0.25) is 13.8 Å². The Hall–Kier alpha value is -3.62. The van der Waals surface area contributed by atoms with Crippen LogP contribution in [0.2, 0.25) is 0 Å². The van der Waals surface area contributed by atoms with Gasteiger partial charge in [0.1, 0.15) is 13.2 Å². The highest BCUT2D eigenvalue weighted by Crippen LogP contribution is 2.43. The summed E-state index contributed by atoms with van der Waals surface area (Å²) in [5, 5.41) is 13.9. The molecule has 0 aromatic heterocycles. The highest BCUT2D eigenvalue weighted by Gasteiger charge is 2.27. The molecule has 0 rings (SSSR count). The predicted molar refractivity (Wildman–Crippen MR) is 327 cm³/mol. The molecule has 0 saturated carbocycles. The van der Waals surface area contributed by atoms with E-state index in [4.69, 9.17) is 9.05 Å². The van der Waals surface area contributed by atoms with E-state index in [2.05, 4.69) is 153 Å². The first kappa shape index (κ1) is 71.4. The first-order chi connectivity index (χ1) is 36.5. The molecule has 1 amide bonds. The summed E-state index contributed by atoms with van der Waals surface area (Å²) in [4.78, 5) is 23.3. The monoisotopic (exact) mass is 1060 g/mol. The summed E-state index contributed by atoms with van der Waals surface area (Å²) in [5.74, 6) is -0.254. The van der Waals surface area contributed by atoms with Crippen LogP contribution in [0.15, 0.2) is 146 Å². The molecule has 0 aromatic carbocycles. The number of rotatable bonds is 52. The van der Waals surface area contributed by atoms with Gasteiger partial charge < -0.3 is 19.8 Å². The molecule has 0 aliphatic heterocycles. The summed E-state index contributed by atoms with van der Waals surface area (Å²) in [6.45, 7) is 4.62. The van der Waals surface area contributed by atoms with Crippen molar-refractivity contribution in [2.75, 3.05) is 40.9 Å². The molecule has 0 saturated heterocycles. The number of aliphatic hydroxyl groups excluding tert-OH is 1. The number of carbonyl (C=O) groups excluding carboxylic acids is 1. The minimum atomic E-state index is -4.39. The van der Waals surface area contributed by atoms with Gasteiger partial charge in [0.15, 0.2) is 0 Å². The summed E-state index contributed by atoms with van der Waals surface area (Å²) >= 11 is 0. The number of phosphoric ester groups is 1. The largest absolute Gasteiger partial charge is 0.472 e. The third-order valence-corrected chi connectivity index (χ3v) is 13.3. The van der Waals surface area contributed by atoms with E-state index in [0.717, 1.165) is 89.9 Å². The van der Waals surface area contributed by atoms with Crippen LogP contribution in [0.1, 0.15) is 213 Å². The molecule has 0 aliphatic carbocycles. The lowest BCUT2D eigenvalue weighted by Gasteiger charge is -2.25. The zero-order valence-corrected chi connectivity index (χ0v) is 49.4. The van der Waals surface area contributed by atoms with E-state index in [1.54, 1.807) is 6.08 Å². The fourth-order valence-electron chi connectivity index (χ4n) is 7.66. The highest BCUT2D eigenvalue weighted by atomic mass is 31.2. The van der Waals surface area contributed by atoms with Gasteiger partial charge in [-0.05, 0) is 109 Å². The number of unbranched alkanes of at least 4 members (excludes halogenated alkanes) is 17. The Balaban J connectivity index is 4.44. The van der Waals surface area contributed by atoms with Crippen LogP contribution in [-0.2, 0) is 18.4 Å². The van der Waals surface area contributed by atoms with Gasteiger partial charge in [0.25, 0.3) is 0 Å². The molecule has 0 bridgehead atoms. The van der Waals surface area contributed by atoms with E-state index < -0.39 is 20.0 Å². The maximum Gasteiger partial charge on any atom is 0.472 e. The van der Waals surface area contributed by atoms with Gasteiger partial charge in [-0.25, -0.2) is 4.57 Å². The Kier molecular flexibility index (Phi) is 52.5. The Morgan fingerprint density at radius 2 is 0.813 bits per heavy atom. The minimum Gasteiger partial charge on any atom is -0.387 e. The average molecular weight is 1060 g/mol. The number of phosphoric acid groups is 1. The van der Waals surface area contributed by atoms with Gasteiger partial charge in [-0.2, -0.15) is 0 Å². The van der Waals surface area contributed by atoms with Crippen LogP contribution in [0.4, 0.5) is 0 Å². The highest BCUT2D eigenvalue weighted by molar-refractivity contribution is 7.47. The van der Waals surface area contributed by atoms with Crippen LogP contribution in [-0.4, -0.2) is 73.4 Å². The lowest BCUT2D eigenvalue weighted by Crippen LogP contribution is -2.45. The zero-order chi connectivity index (χ0) is 54.9. The fourth-order valence-corrected chi connectivity index (χ4v) is 8.40. The number of allylic oxidation sites excluding steroid dienone is 23. The lowest BCUT2D eigenvalue weighted by molar-refractivity contribution is -0.870. The Bertz CT molecular complexity index is 1720. The summed E-state index contributed by atoms with van der Waals surface area (Å²) in [5.41, 5.74) is 0. The van der Waals surface area contributed by atoms with Crippen LogP contribution in [0.25, 0.3) is 0 Å². The minimum absolute atomic E-state index is 0.0339. The SMILES string of the molecule is CC/C=C\C/C=C\C/C=C\C/C=C\C/C=C\C/C=C\C/C=C\C/C=C\C/C=C\CCCC(=O)NC(COP(=O)(O)OCC[N+](C)(C)C)C(O)/C=C/CC/C=C/CC/C=C/CCCCCCCCCCCCCCCC. The van der Waals surface area contributed by atoms with Crippen LogP contribution < -0.4 is 5.32 Å². The first-order valence-corrected chi connectivity index (χ1v) is 31.2. The van der Waals surface area contributed by atoms with Crippen LogP contribution in [0.3, 0.4) is 0 Å². The van der Waals surface area contributed by atoms with Crippen LogP contribution in [0.5, 0.6) is 0 Å². The van der Waals surface area contributed by atoms with Crippen molar-refractivity contribution in [2.45, 2.75) is 225 Å². The number of likely N-dealkylation sites (N-methyl/N-ethyl adjacent to an activating group) is 1. The van der Waals surface area contributed by atoms with Crippen LogP contribution >= 0.6 is 7.82 Å². The maximum atomic E-state index is 13.0. The Morgan fingerprint density at radius 1 is 0.467 bits per heavy atom. The van der Waals surface area contributed by atoms with Crippen molar-refractivity contribution in [3.05, 3.63) is 146 Å². The van der Waals surface area contributed by atoms with Crippen molar-refractivity contribution < 1.29 is 32.9 Å². The van der Waals surface area contributed by atoms with Crippen molar-refractivity contribution in [2.24, 2.45) is 0 Å². The van der Waals surface area contributed by atoms with Crippen LogP contribution in [0, 0.1) is 0 Å². The van der Waals surface area contributed by atoms with Gasteiger partial charge in [0.05, 0.1) is 39.9 Å². The molecule has 75 heavy (non-hydrogen) atoms. The molecular formula is C66H112N2O6P+. The number of nitrogens with zero attached hydrogens (tertiary/aromatic N) is 1. The molecule has 0 aromatic rings. The third-order valence-electron chi connectivity index (χ3n) is 12.3. The van der Waals surface area contributed by atoms with E-state index in [1.807, 2.05) is 27.2 Å². The maximum absolute atomic E-state index is 13.0. The van der Waals surface area contributed by atoms with Gasteiger partial charge in [-0.15, -0.1) is 0 Å². The summed E-state index contributed by atoms with van der Waals surface area (Å²) < 4.78 is 23.7. The number of hydrogen-bond donors (Lipinski definition) is 3. The number of nitrogens with one attached hydrogen (secondary N) is 1. The molecule has 9 heteroatoms. The molecule has 0 fully saturated rings. The molecule has 0 radical (unpaired) electrons. The van der Waals surface area contributed by atoms with Crippen molar-refractivity contribution >= 4 is 13.7 Å². The molecule has 3 N–H and O–H groups in total. The number of quaternary nitrogens is 1. The second-order valence-electron chi connectivity index (χ2n) is 20.6. The van der Waals surface area contributed by atoms with E-state index in [-0.39, 0.29) is 25.5 Å². The topological polar surface area (TPSA) is 105 Å². The standard InChI is InChI=1S/C66H111N2O6P/c1-6-8-10-12-14-16-18-20-22-24-26-28-30-32-33-34-35-36-38-40-42-44-46-48-50-52-54-56-58-60-66(70)67-64(63-74-75(71,72)73-62-61-68(3,4)5)65(69)59-57-55-53-51-49-47-45-43-41-39-37-31-29-27-25-23-21-19-17-15-13-11-9-7-2/h8,10,14,16,20,22,26,28,32-33,35-36,40-43,46,48-49,51-52,54,57,59,64-65,69H,6-7,9,11-13,15,17-19,21,23-25,27,29-31,34,37-39,44-45,47,50,53,55-56,58,60-63H2,1-5H3,(H-,67,70,71,72)/p+1/b10-8-,16-14-,22-20-,28-26-,33-32-,36-35-,42-40-,43-41+,48-46-,51-49+,54-52-,59-57+. The molecule has 0 spiro atoms. The number of aliphatic hydroxyl groups is 1. The summed E-state index contributed by atoms with van der Waals surface area (Å²) in [6.07, 6.45) is 85.4. The van der Waals surface area contributed by atoms with Gasteiger partial charge >= 0.3 is 7.82 Å². The normalized spacial score (nSPS) is 14.9. The number of hydrogen-bond acceptors (Lipinski definition) is 5. The van der Waals surface area contributed by atoms with Gasteiger partial charge in [0, 0.05) is 6.42 Å². The number of amides is 1. The molecule has 8 nitrogen and oxygen atoms in total. The van der Waals surface area contributed by atoms with Crippen molar-refractivity contribution in [3.63, 3.8) is 0 Å². The molecular weight excluding hydrogens is 948 g/mol. The quantitative estimate of drug-likeness (QED) is 0.0243. The van der Waals surface area contributed by atoms with Crippen molar-refractivity contribution in [1.29, 1.82) is 0 Å². The molecule has 426 valence electrons. The Morgan fingerprint density at radius 3 is 1.23 bits per heavy atom. The second kappa shape index (κ2) is 55.1. The van der Waals surface area contributed by atoms with Gasteiger partial charge in [-0.1, -0.05) is 243 Å². The van der Waals surface area contributed by atoms with E-state index in [0.29, 0.717) is 17.4 Å². The molecule has 0 aliphatic rings. The van der Waals surface area contributed by atoms with Crippen molar-refractivity contribution in [1.82, 2.24) is 5.32 Å². The molecule has 3 atom stereocenters. The van der Waals surface area contributed by atoms with E-state index >= 15 is 0 Å². The average Bonchev–Trinajstić information content (AvgIpc) is 3.37. The fraction of sp³-hybridized carbons (Fsp3) is 0.621. The van der Waals surface area contributed by atoms with E-state index in [1.165, 1.54) is 96.3 Å². The lowest BCUT2D eigenvalue weighted by atomic mass is 10.0. The first-order valence-electron chi connectivity index (χ1n) is 29.7. The van der Waals surface area contributed by atoms with Gasteiger partial charge in [0.2, 0.25) is 5.91 Å². The smallest absolute Gasteiger partial charge is 0.387 e. The Labute approximate surface area is 461 Å². The molecule has 3 unspecified atom stereocenters. The van der Waals surface area contributed by atoms with E-state index in [9.17, 15) is 19.4 Å². The molecule has 0 heterocycles. The number of carbonyl (C=O) groups is 1. The second-order valence-corrected chi connectivity index (χ2v) is 22.1. The zero-order valence-electron chi connectivity index (χ0n) is 48.5. The summed E-state index contributed by atoms with van der Waals surface area (Å²) in [7, 11) is 1.49. The third kappa shape index (κ3) is 57.9. The van der Waals surface area contributed by atoms with Crippen molar-refractivity contribution in [3.8, 4) is 0 Å². The summed E-state index contributed by atoms with van der Waals surface area (Å²) in [6, 6.07) is -0.913.